The molecule has 0 aliphatic heterocycles. The molecule has 1 aromatic carbocycles. The van der Waals surface area contributed by atoms with Crippen LogP contribution in [-0.2, 0) is 65.9 Å². The molecular formula is C40H54BN4O9P. The van der Waals surface area contributed by atoms with Gasteiger partial charge in [-0.2, -0.15) is 0 Å². The first-order valence-electron chi connectivity index (χ1n) is 18.2. The molecule has 0 aliphatic rings. The van der Waals surface area contributed by atoms with E-state index in [1.807, 2.05) is 65.0 Å². The molecular weight excluding hydrogens is 722 g/mol. The standard InChI is InChI=1S/C40H54BN4O9P/c1-28(46)9-12-31-14-19-37(55(8)41-50)35(43-31)25-45(26-39(49)54-40(3,4)5)22-21-44(23-29(2)47)24-34-36(18-13-32(42-34)15-20-38(48)52-7)53-27-30-10-16-33(51-6)17-11-30/h10-11,13-14,16-19H,9,12,15,20-27H2,1-8H3. The summed E-state index contributed by atoms with van der Waals surface area (Å²) in [4.78, 5) is 63.1. The van der Waals surface area contributed by atoms with E-state index in [1.54, 1.807) is 27.9 Å². The van der Waals surface area contributed by atoms with Gasteiger partial charge in [0.15, 0.2) is 0 Å². The number of benzene rings is 1. The Morgan fingerprint density at radius 1 is 0.764 bits per heavy atom. The Morgan fingerprint density at radius 3 is 1.95 bits per heavy atom. The van der Waals surface area contributed by atoms with Crippen molar-refractivity contribution in [1.82, 2.24) is 19.8 Å². The van der Waals surface area contributed by atoms with Crippen LogP contribution in [0, 0.1) is 0 Å². The summed E-state index contributed by atoms with van der Waals surface area (Å²) in [6.45, 7) is 12.7. The van der Waals surface area contributed by atoms with Crippen molar-refractivity contribution in [2.24, 2.45) is 0 Å². The van der Waals surface area contributed by atoms with E-state index in [1.165, 1.54) is 21.0 Å². The van der Waals surface area contributed by atoms with E-state index >= 15 is 0 Å². The van der Waals surface area contributed by atoms with E-state index in [9.17, 15) is 23.9 Å². The van der Waals surface area contributed by atoms with Crippen LogP contribution in [0.2, 0.25) is 0 Å². The van der Waals surface area contributed by atoms with Crippen molar-refractivity contribution in [1.29, 1.82) is 0 Å². The second-order valence-corrected chi connectivity index (χ2v) is 16.3. The average Bonchev–Trinajstić information content (AvgIpc) is 3.13. The number of carbonyl (C=O) groups is 4. The van der Waals surface area contributed by atoms with Crippen molar-refractivity contribution in [2.45, 2.75) is 85.6 Å². The van der Waals surface area contributed by atoms with E-state index < -0.39 is 19.4 Å². The molecule has 0 radical (unpaired) electrons. The van der Waals surface area contributed by atoms with Crippen LogP contribution in [-0.4, -0.2) is 103 Å². The number of esters is 2. The number of ketones is 2. The fourth-order valence-corrected chi connectivity index (χ4v) is 6.57. The quantitative estimate of drug-likeness (QED) is 0.0748. The normalized spacial score (nSPS) is 11.9. The molecule has 296 valence electrons. The van der Waals surface area contributed by atoms with Crippen LogP contribution in [0.25, 0.3) is 0 Å². The van der Waals surface area contributed by atoms with Crippen LogP contribution < -0.4 is 14.8 Å². The predicted octanol–water partition coefficient (Wildman–Crippen LogP) is 4.63. The maximum atomic E-state index is 13.2. The molecule has 0 saturated carbocycles. The van der Waals surface area contributed by atoms with Gasteiger partial charge in [0, 0.05) is 6.42 Å². The molecule has 1 unspecified atom stereocenters. The van der Waals surface area contributed by atoms with E-state index in [2.05, 4.69) is 0 Å². The van der Waals surface area contributed by atoms with Gasteiger partial charge in [-0.05, 0) is 23.8 Å². The molecule has 2 heterocycles. The molecule has 55 heavy (non-hydrogen) atoms. The Labute approximate surface area is 326 Å². The van der Waals surface area contributed by atoms with Crippen molar-refractivity contribution >= 4 is 43.5 Å². The minimum atomic E-state index is -1.17. The summed E-state index contributed by atoms with van der Waals surface area (Å²) in [5.74, 6) is 0.464. The Hall–Kier alpha value is -4.39. The number of aryl methyl sites for hydroxylation is 2. The molecule has 0 spiro atoms. The number of ether oxygens (including phenoxy) is 4. The topological polar surface area (TPSA) is 155 Å². The van der Waals surface area contributed by atoms with E-state index in [-0.39, 0.29) is 56.7 Å². The van der Waals surface area contributed by atoms with Crippen LogP contribution in [0.15, 0.2) is 48.5 Å². The molecule has 0 bridgehead atoms. The van der Waals surface area contributed by atoms with Crippen molar-refractivity contribution in [2.75, 3.05) is 47.1 Å². The van der Waals surface area contributed by atoms with Gasteiger partial charge in [0.2, 0.25) is 0 Å². The van der Waals surface area contributed by atoms with Gasteiger partial charge in [-0.3, -0.25) is 4.79 Å². The number of rotatable bonds is 23. The third-order valence-corrected chi connectivity index (χ3v) is 9.82. The number of hydrogen-bond donors (Lipinski definition) is 0. The molecule has 3 aromatic rings. The van der Waals surface area contributed by atoms with Gasteiger partial charge in [-0.15, -0.1) is 0 Å². The molecule has 15 heteroatoms. The van der Waals surface area contributed by atoms with E-state index in [4.69, 9.17) is 28.9 Å². The van der Waals surface area contributed by atoms with Gasteiger partial charge in [0.25, 0.3) is 0 Å². The summed E-state index contributed by atoms with van der Waals surface area (Å²) >= 11 is 0. The van der Waals surface area contributed by atoms with Gasteiger partial charge in [0.1, 0.15) is 12.4 Å². The summed E-state index contributed by atoms with van der Waals surface area (Å²) in [6, 6.07) is 14.9. The number of nitrogens with zero attached hydrogens (tertiary/aromatic N) is 4. The first kappa shape index (κ1) is 45.0. The monoisotopic (exact) mass is 776 g/mol. The first-order chi connectivity index (χ1) is 26.1. The summed E-state index contributed by atoms with van der Waals surface area (Å²) in [7, 11) is 1.77. The third kappa shape index (κ3) is 16.5. The van der Waals surface area contributed by atoms with Gasteiger partial charge in [-0.25, -0.2) is 0 Å². The Kier molecular flexibility index (Phi) is 18.2. The van der Waals surface area contributed by atoms with Crippen molar-refractivity contribution in [3.63, 3.8) is 0 Å². The number of aromatic nitrogens is 2. The van der Waals surface area contributed by atoms with Gasteiger partial charge in [-0.1, -0.05) is 12.1 Å². The van der Waals surface area contributed by atoms with Crippen molar-refractivity contribution < 1.29 is 42.8 Å². The molecule has 0 fully saturated rings. The number of pyridine rings is 2. The fourth-order valence-electron chi connectivity index (χ4n) is 5.62. The minimum absolute atomic E-state index is 0.0490. The third-order valence-electron chi connectivity index (χ3n) is 8.33. The summed E-state index contributed by atoms with van der Waals surface area (Å²) in [6.07, 6.45) is 1.31. The first-order valence-corrected chi connectivity index (χ1v) is 20.1. The predicted molar refractivity (Wildman–Crippen MR) is 211 cm³/mol. The zero-order valence-electron chi connectivity index (χ0n) is 33.4. The molecule has 0 saturated heterocycles. The van der Waals surface area contributed by atoms with Gasteiger partial charge in [0.05, 0.1) is 20.6 Å². The molecule has 0 amide bonds. The van der Waals surface area contributed by atoms with Crippen LogP contribution in [0.5, 0.6) is 11.5 Å². The zero-order chi connectivity index (χ0) is 40.5. The SMILES string of the molecule is COC(=O)CCc1ccc(OCc2ccc(OC)cc2)c(CN(CCN(CC(=O)OC(C)(C)C)Cc2nc(CCC(C)=O)ccc2P(C)B=O)CC(C)=O)n1. The average molecular weight is 777 g/mol. The second-order valence-electron chi connectivity index (χ2n) is 14.4. The van der Waals surface area contributed by atoms with Crippen LogP contribution in [0.4, 0.5) is 0 Å². The molecule has 13 nitrogen and oxygen atoms in total. The molecule has 0 aliphatic carbocycles. The Morgan fingerprint density at radius 2 is 1.36 bits per heavy atom. The number of hydrogen-bond acceptors (Lipinski definition) is 13. The Balaban J connectivity index is 1.94. The Bertz CT molecular complexity index is 1770. The van der Waals surface area contributed by atoms with Gasteiger partial charge < -0.3 is 9.47 Å². The number of Topliss-reactive ketones (excluding diaryl/α,β-unsaturated/α-hetero) is 2. The fraction of sp³-hybridized carbons (Fsp3) is 0.500. The van der Waals surface area contributed by atoms with Gasteiger partial charge >= 0.3 is 238 Å². The van der Waals surface area contributed by atoms with E-state index in [0.29, 0.717) is 55.2 Å². The number of methoxy groups -OCH3 is 2. The van der Waals surface area contributed by atoms with Crippen molar-refractivity contribution in [3.05, 3.63) is 76.9 Å². The maximum absolute atomic E-state index is 13.2. The molecule has 2 aromatic heterocycles. The molecule has 3 rings (SSSR count). The molecule has 0 N–H and O–H groups in total. The number of carbonyl (C=O) groups excluding carboxylic acids is 4. The van der Waals surface area contributed by atoms with Crippen LogP contribution >= 0.6 is 7.80 Å². The molecule has 1 atom stereocenters. The zero-order valence-corrected chi connectivity index (χ0v) is 34.3. The van der Waals surface area contributed by atoms with Crippen LogP contribution in [0.3, 0.4) is 0 Å². The van der Waals surface area contributed by atoms with Crippen LogP contribution in [0.1, 0.15) is 75.8 Å². The summed E-state index contributed by atoms with van der Waals surface area (Å²) in [5.41, 5.74) is 2.84. The van der Waals surface area contributed by atoms with Crippen molar-refractivity contribution in [3.8, 4) is 11.5 Å². The summed E-state index contributed by atoms with van der Waals surface area (Å²) < 4.78 is 34.0. The second kappa shape index (κ2) is 22.2. The summed E-state index contributed by atoms with van der Waals surface area (Å²) in [5, 5.41) is 0.790. The van der Waals surface area contributed by atoms with E-state index in [0.717, 1.165) is 29.2 Å².